The highest BCUT2D eigenvalue weighted by atomic mass is 16.6. The molecule has 0 amide bonds. The molecular weight excluding hydrogens is 346 g/mol. The van der Waals surface area contributed by atoms with Crippen LogP contribution in [0.1, 0.15) is 12.0 Å². The number of aliphatic hydroxyl groups is 1. The molecule has 142 valence electrons. The van der Waals surface area contributed by atoms with Crippen LogP contribution < -0.4 is 4.74 Å². The standard InChI is InChI=1S/C20H23N3O4/c1-22-17(21)23(2)20(12-14-4-6-16(26-3)7-5-14)19(22,25)13-18(27-20)10-8-15(24)9-11-18/h4-11,21,25H,12-13H2,1-3H3/t19-,20+/m0/s1. The van der Waals surface area contributed by atoms with Gasteiger partial charge in [0.15, 0.2) is 23.2 Å². The average Bonchev–Trinajstić information content (AvgIpc) is 2.98. The molecule has 0 aromatic heterocycles. The van der Waals surface area contributed by atoms with Crippen molar-refractivity contribution in [3.05, 3.63) is 54.1 Å². The second kappa shape index (κ2) is 5.68. The van der Waals surface area contributed by atoms with Crippen LogP contribution in [0.5, 0.6) is 5.75 Å². The van der Waals surface area contributed by atoms with Crippen LogP contribution in [-0.2, 0) is 16.0 Å². The summed E-state index contributed by atoms with van der Waals surface area (Å²) in [7, 11) is 5.06. The topological polar surface area (TPSA) is 86.1 Å². The van der Waals surface area contributed by atoms with E-state index in [0.717, 1.165) is 11.3 Å². The molecule has 1 aliphatic carbocycles. The highest BCUT2D eigenvalue weighted by Gasteiger charge is 2.72. The molecule has 0 bridgehead atoms. The maximum absolute atomic E-state index is 11.7. The van der Waals surface area contributed by atoms with E-state index < -0.39 is 17.1 Å². The number of nitrogens with zero attached hydrogens (tertiary/aromatic N) is 2. The number of nitrogens with one attached hydrogen (secondary N) is 1. The Morgan fingerprint density at radius 2 is 1.81 bits per heavy atom. The number of methoxy groups -OCH3 is 1. The van der Waals surface area contributed by atoms with Gasteiger partial charge >= 0.3 is 0 Å². The van der Waals surface area contributed by atoms with E-state index in [4.69, 9.17) is 14.9 Å². The van der Waals surface area contributed by atoms with Crippen molar-refractivity contribution in [2.24, 2.45) is 0 Å². The number of rotatable bonds is 3. The third-order valence-corrected chi connectivity index (χ3v) is 5.90. The third kappa shape index (κ3) is 2.35. The van der Waals surface area contributed by atoms with Crippen molar-refractivity contribution in [2.75, 3.05) is 21.2 Å². The van der Waals surface area contributed by atoms with Crippen molar-refractivity contribution >= 4 is 11.7 Å². The number of likely N-dealkylation sites (N-methyl/N-ethyl adjacent to an activating group) is 2. The highest BCUT2D eigenvalue weighted by molar-refractivity contribution is 6.00. The summed E-state index contributed by atoms with van der Waals surface area (Å²) in [6, 6.07) is 7.57. The molecule has 1 aromatic carbocycles. The lowest BCUT2D eigenvalue weighted by molar-refractivity contribution is -0.202. The monoisotopic (exact) mass is 369 g/mol. The first-order valence-corrected chi connectivity index (χ1v) is 8.79. The Kier molecular flexibility index (Phi) is 3.73. The zero-order valence-electron chi connectivity index (χ0n) is 15.6. The summed E-state index contributed by atoms with van der Waals surface area (Å²) in [5.41, 5.74) is -2.53. The Balaban J connectivity index is 1.77. The minimum atomic E-state index is -1.42. The van der Waals surface area contributed by atoms with Crippen LogP contribution in [0.2, 0.25) is 0 Å². The molecule has 0 radical (unpaired) electrons. The Labute approximate surface area is 158 Å². The lowest BCUT2D eigenvalue weighted by Gasteiger charge is -2.39. The zero-order chi connectivity index (χ0) is 19.4. The predicted molar refractivity (Wildman–Crippen MR) is 99.4 cm³/mol. The van der Waals surface area contributed by atoms with Crippen LogP contribution in [0.15, 0.2) is 48.6 Å². The number of hydrogen-bond donors (Lipinski definition) is 2. The zero-order valence-corrected chi connectivity index (χ0v) is 15.6. The third-order valence-electron chi connectivity index (χ3n) is 5.90. The second-order valence-corrected chi connectivity index (χ2v) is 7.37. The van der Waals surface area contributed by atoms with Crippen LogP contribution in [0.4, 0.5) is 0 Å². The Hall–Kier alpha value is -2.64. The van der Waals surface area contributed by atoms with Gasteiger partial charge in [0.2, 0.25) is 0 Å². The van der Waals surface area contributed by atoms with Gasteiger partial charge in [-0.15, -0.1) is 0 Å². The summed E-state index contributed by atoms with van der Waals surface area (Å²) >= 11 is 0. The van der Waals surface area contributed by atoms with Gasteiger partial charge in [0, 0.05) is 26.9 Å². The van der Waals surface area contributed by atoms with Crippen molar-refractivity contribution in [1.29, 1.82) is 5.41 Å². The minimum Gasteiger partial charge on any atom is -0.497 e. The summed E-state index contributed by atoms with van der Waals surface area (Å²) in [5.74, 6) is 0.823. The molecular formula is C20H23N3O4. The Morgan fingerprint density at radius 3 is 2.41 bits per heavy atom. The molecule has 1 aromatic rings. The normalized spacial score (nSPS) is 31.1. The first-order chi connectivity index (χ1) is 12.8. The smallest absolute Gasteiger partial charge is 0.198 e. The van der Waals surface area contributed by atoms with E-state index in [9.17, 15) is 9.90 Å². The highest BCUT2D eigenvalue weighted by Crippen LogP contribution is 2.55. The average molecular weight is 369 g/mol. The fraction of sp³-hybridized carbons (Fsp3) is 0.400. The quantitative estimate of drug-likeness (QED) is 0.835. The fourth-order valence-electron chi connectivity index (χ4n) is 4.30. The molecule has 27 heavy (non-hydrogen) atoms. The molecule has 2 heterocycles. The summed E-state index contributed by atoms with van der Waals surface area (Å²) in [6.07, 6.45) is 6.93. The summed E-state index contributed by atoms with van der Waals surface area (Å²) < 4.78 is 11.7. The minimum absolute atomic E-state index is 0.105. The molecule has 2 fully saturated rings. The number of allylic oxidation sites excluding steroid dienone is 2. The lowest BCUT2D eigenvalue weighted by Crippen LogP contribution is -2.59. The van der Waals surface area contributed by atoms with Crippen LogP contribution in [0.25, 0.3) is 0 Å². The van der Waals surface area contributed by atoms with Gasteiger partial charge in [-0.3, -0.25) is 10.2 Å². The molecule has 2 N–H and O–H groups in total. The number of carbonyl (C=O) groups is 1. The molecule has 7 nitrogen and oxygen atoms in total. The largest absolute Gasteiger partial charge is 0.497 e. The molecule has 3 aliphatic rings. The van der Waals surface area contributed by atoms with Crippen molar-refractivity contribution < 1.29 is 19.4 Å². The van der Waals surface area contributed by atoms with E-state index in [1.165, 1.54) is 12.2 Å². The number of benzene rings is 1. The Morgan fingerprint density at radius 1 is 1.19 bits per heavy atom. The van der Waals surface area contributed by atoms with Gasteiger partial charge in [0.05, 0.1) is 7.11 Å². The van der Waals surface area contributed by atoms with Gasteiger partial charge in [0.1, 0.15) is 11.4 Å². The number of fused-ring (bicyclic) bond motifs is 1. The van der Waals surface area contributed by atoms with Gasteiger partial charge in [0.25, 0.3) is 0 Å². The van der Waals surface area contributed by atoms with Gasteiger partial charge in [-0.25, -0.2) is 0 Å². The predicted octanol–water partition coefficient (Wildman–Crippen LogP) is 1.29. The number of ether oxygens (including phenoxy) is 2. The van der Waals surface area contributed by atoms with Gasteiger partial charge < -0.3 is 24.4 Å². The Bertz CT molecular complexity index is 846. The molecule has 2 atom stereocenters. The summed E-state index contributed by atoms with van der Waals surface area (Å²) in [5, 5.41) is 20.1. The molecule has 0 saturated carbocycles. The van der Waals surface area contributed by atoms with Crippen LogP contribution in [0.3, 0.4) is 0 Å². The van der Waals surface area contributed by atoms with Crippen molar-refractivity contribution in [3.63, 3.8) is 0 Å². The summed E-state index contributed by atoms with van der Waals surface area (Å²) in [6.45, 7) is 0. The number of carbonyl (C=O) groups excluding carboxylic acids is 1. The second-order valence-electron chi connectivity index (χ2n) is 7.37. The van der Waals surface area contributed by atoms with E-state index in [0.29, 0.717) is 6.42 Å². The molecule has 1 spiro atoms. The lowest BCUT2D eigenvalue weighted by atomic mass is 9.86. The SMILES string of the molecule is COc1ccc(C[C@@]23OC4(C=CC(=O)C=C4)C[C@@]2(O)N(C)C(=N)N3C)cc1. The molecule has 2 aliphatic heterocycles. The summed E-state index contributed by atoms with van der Waals surface area (Å²) in [4.78, 5) is 14.8. The molecule has 2 saturated heterocycles. The van der Waals surface area contributed by atoms with Crippen LogP contribution in [0, 0.1) is 5.41 Å². The van der Waals surface area contributed by atoms with Crippen molar-refractivity contribution in [3.8, 4) is 5.75 Å². The number of hydrogen-bond acceptors (Lipinski definition) is 5. The van der Waals surface area contributed by atoms with Crippen molar-refractivity contribution in [1.82, 2.24) is 9.80 Å². The van der Waals surface area contributed by atoms with Crippen LogP contribution >= 0.6 is 0 Å². The van der Waals surface area contributed by atoms with Crippen LogP contribution in [-0.4, -0.2) is 64.9 Å². The van der Waals surface area contributed by atoms with Crippen molar-refractivity contribution in [2.45, 2.75) is 29.9 Å². The first-order valence-electron chi connectivity index (χ1n) is 8.79. The first kappa shape index (κ1) is 17.8. The van der Waals surface area contributed by atoms with E-state index in [1.807, 2.05) is 24.3 Å². The molecule has 4 rings (SSSR count). The number of guanidine groups is 1. The maximum atomic E-state index is 11.7. The van der Waals surface area contributed by atoms with E-state index in [1.54, 1.807) is 43.2 Å². The van der Waals surface area contributed by atoms with Gasteiger partial charge in [-0.2, -0.15) is 0 Å². The van der Waals surface area contributed by atoms with Gasteiger partial charge in [-0.05, 0) is 42.0 Å². The van der Waals surface area contributed by atoms with E-state index in [2.05, 4.69) is 0 Å². The number of ketones is 1. The maximum Gasteiger partial charge on any atom is 0.198 e. The molecule has 7 heteroatoms. The fourth-order valence-corrected chi connectivity index (χ4v) is 4.30. The van der Waals surface area contributed by atoms with E-state index >= 15 is 0 Å². The van der Waals surface area contributed by atoms with E-state index in [-0.39, 0.29) is 18.2 Å². The van der Waals surface area contributed by atoms with Gasteiger partial charge in [-0.1, -0.05) is 12.1 Å². The molecule has 0 unspecified atom stereocenters.